The number of nitrogens with zero attached hydrogens (tertiary/aromatic N) is 2. The predicted molar refractivity (Wildman–Crippen MR) is 130 cm³/mol. The molecule has 2 aromatic heterocycles. The third kappa shape index (κ3) is 4.72. The van der Waals surface area contributed by atoms with Gasteiger partial charge in [0.2, 0.25) is 0 Å². The fourth-order valence-corrected chi connectivity index (χ4v) is 6.01. The van der Waals surface area contributed by atoms with Gasteiger partial charge >= 0.3 is 0 Å². The van der Waals surface area contributed by atoms with Crippen molar-refractivity contribution in [1.29, 1.82) is 0 Å². The summed E-state index contributed by atoms with van der Waals surface area (Å²) in [5.74, 6) is 0.411. The normalized spacial score (nSPS) is 19.6. The van der Waals surface area contributed by atoms with Crippen LogP contribution in [0, 0.1) is 0 Å². The minimum Gasteiger partial charge on any atom is -0.344 e. The Labute approximate surface area is 187 Å². The lowest BCUT2D eigenvalue weighted by atomic mass is 9.88. The molecule has 3 aromatic rings. The van der Waals surface area contributed by atoms with Gasteiger partial charge in [0, 0.05) is 47.5 Å². The minimum atomic E-state index is 0.411. The van der Waals surface area contributed by atoms with Gasteiger partial charge in [0.15, 0.2) is 0 Å². The number of fused-ring (bicyclic) bond motifs is 1. The number of hydrogen-bond donors (Lipinski definition) is 1. The zero-order valence-electron chi connectivity index (χ0n) is 18.8. The molecular weight excluding hydrogens is 378 g/mol. The van der Waals surface area contributed by atoms with Crippen LogP contribution in [-0.4, -0.2) is 22.1 Å². The summed E-state index contributed by atoms with van der Waals surface area (Å²) in [6.07, 6.45) is 21.2. The van der Waals surface area contributed by atoms with Gasteiger partial charge in [-0.1, -0.05) is 56.7 Å². The molecule has 1 N–H and O–H groups in total. The molecule has 3 heteroatoms. The van der Waals surface area contributed by atoms with Gasteiger partial charge in [-0.15, -0.1) is 0 Å². The Morgan fingerprint density at radius 2 is 1.58 bits per heavy atom. The molecule has 0 spiro atoms. The summed E-state index contributed by atoms with van der Waals surface area (Å²) < 4.78 is 2.62. The van der Waals surface area contributed by atoms with E-state index >= 15 is 0 Å². The SMILES string of the molecule is c1ccc2c(c1)c(C(CCNC1CCCCC1)c1ccncc1)cn2C1CCCCC1. The molecule has 3 nitrogen and oxygen atoms in total. The van der Waals surface area contributed by atoms with E-state index in [1.54, 1.807) is 0 Å². The molecule has 2 saturated carbocycles. The van der Waals surface area contributed by atoms with Crippen LogP contribution >= 0.6 is 0 Å². The molecule has 2 aliphatic rings. The van der Waals surface area contributed by atoms with Crippen molar-refractivity contribution in [3.8, 4) is 0 Å². The van der Waals surface area contributed by atoms with E-state index in [2.05, 4.69) is 57.5 Å². The van der Waals surface area contributed by atoms with Crippen molar-refractivity contribution in [3.63, 3.8) is 0 Å². The molecule has 2 aliphatic carbocycles. The van der Waals surface area contributed by atoms with Gasteiger partial charge in [-0.3, -0.25) is 4.98 Å². The maximum atomic E-state index is 4.30. The van der Waals surface area contributed by atoms with Gasteiger partial charge in [0.05, 0.1) is 0 Å². The predicted octanol–water partition coefficient (Wildman–Crippen LogP) is 6.99. The first kappa shape index (κ1) is 20.8. The smallest absolute Gasteiger partial charge is 0.0485 e. The van der Waals surface area contributed by atoms with Crippen LogP contribution in [0.15, 0.2) is 55.0 Å². The highest BCUT2D eigenvalue weighted by molar-refractivity contribution is 5.85. The third-order valence-corrected chi connectivity index (χ3v) is 7.69. The molecule has 0 saturated heterocycles. The second kappa shape index (κ2) is 9.99. The van der Waals surface area contributed by atoms with Crippen molar-refractivity contribution in [3.05, 3.63) is 66.1 Å². The monoisotopic (exact) mass is 415 g/mol. The Morgan fingerprint density at radius 3 is 2.35 bits per heavy atom. The van der Waals surface area contributed by atoms with Crippen molar-refractivity contribution in [2.75, 3.05) is 6.54 Å². The Bertz CT molecular complexity index is 949. The van der Waals surface area contributed by atoms with E-state index in [4.69, 9.17) is 0 Å². The summed E-state index contributed by atoms with van der Waals surface area (Å²) >= 11 is 0. The summed E-state index contributed by atoms with van der Waals surface area (Å²) in [4.78, 5) is 4.30. The van der Waals surface area contributed by atoms with Gasteiger partial charge in [0.25, 0.3) is 0 Å². The molecule has 1 aromatic carbocycles. The maximum Gasteiger partial charge on any atom is 0.0485 e. The van der Waals surface area contributed by atoms with Crippen LogP contribution in [0.4, 0.5) is 0 Å². The standard InChI is InChI=1S/C28H37N3/c1-3-9-23(10-4-1)30-20-17-25(22-15-18-29-19-16-22)27-21-31(24-11-5-2-6-12-24)28-14-8-7-13-26(27)28/h7-8,13-16,18-19,21,23-25,30H,1-6,9-12,17,20H2. The van der Waals surface area contributed by atoms with Gasteiger partial charge in [-0.25, -0.2) is 0 Å². The van der Waals surface area contributed by atoms with Crippen molar-refractivity contribution in [2.45, 2.75) is 88.6 Å². The first-order valence-corrected chi connectivity index (χ1v) is 12.6. The summed E-state index contributed by atoms with van der Waals surface area (Å²) in [5.41, 5.74) is 4.31. The second-order valence-corrected chi connectivity index (χ2v) is 9.71. The van der Waals surface area contributed by atoms with Gasteiger partial charge < -0.3 is 9.88 Å². The molecule has 2 heterocycles. The van der Waals surface area contributed by atoms with E-state index in [0.29, 0.717) is 12.0 Å². The third-order valence-electron chi connectivity index (χ3n) is 7.69. The molecule has 31 heavy (non-hydrogen) atoms. The highest BCUT2D eigenvalue weighted by Gasteiger charge is 2.24. The number of rotatable bonds is 7. The average Bonchev–Trinajstić information content (AvgIpc) is 3.23. The Kier molecular flexibility index (Phi) is 6.69. The number of aromatic nitrogens is 2. The van der Waals surface area contributed by atoms with E-state index in [0.717, 1.165) is 19.0 Å². The quantitative estimate of drug-likeness (QED) is 0.451. The van der Waals surface area contributed by atoms with E-state index in [1.165, 1.54) is 86.2 Å². The van der Waals surface area contributed by atoms with E-state index in [9.17, 15) is 0 Å². The first-order chi connectivity index (χ1) is 15.4. The van der Waals surface area contributed by atoms with Gasteiger partial charge in [-0.2, -0.15) is 0 Å². The molecule has 0 amide bonds. The molecule has 0 aliphatic heterocycles. The molecule has 0 bridgehead atoms. The van der Waals surface area contributed by atoms with Crippen LogP contribution in [0.5, 0.6) is 0 Å². The number of hydrogen-bond acceptors (Lipinski definition) is 2. The van der Waals surface area contributed by atoms with Crippen LogP contribution < -0.4 is 5.32 Å². The van der Waals surface area contributed by atoms with E-state index in [1.807, 2.05) is 12.4 Å². The van der Waals surface area contributed by atoms with Gasteiger partial charge in [-0.05, 0) is 68.0 Å². The Hall–Kier alpha value is -2.13. The van der Waals surface area contributed by atoms with Crippen molar-refractivity contribution in [2.24, 2.45) is 0 Å². The fraction of sp³-hybridized carbons (Fsp3) is 0.536. The summed E-state index contributed by atoms with van der Waals surface area (Å²) in [7, 11) is 0. The molecule has 0 radical (unpaired) electrons. The van der Waals surface area contributed by atoms with E-state index < -0.39 is 0 Å². The lowest BCUT2D eigenvalue weighted by Gasteiger charge is -2.25. The molecular formula is C28H37N3. The Balaban J connectivity index is 1.45. The molecule has 164 valence electrons. The first-order valence-electron chi connectivity index (χ1n) is 12.6. The number of para-hydroxylation sites is 1. The number of benzene rings is 1. The van der Waals surface area contributed by atoms with Gasteiger partial charge in [0.1, 0.15) is 0 Å². The average molecular weight is 416 g/mol. The van der Waals surface area contributed by atoms with Crippen molar-refractivity contribution < 1.29 is 0 Å². The fourth-order valence-electron chi connectivity index (χ4n) is 6.01. The second-order valence-electron chi connectivity index (χ2n) is 9.71. The Morgan fingerprint density at radius 1 is 0.871 bits per heavy atom. The van der Waals surface area contributed by atoms with Crippen LogP contribution in [0.3, 0.4) is 0 Å². The largest absolute Gasteiger partial charge is 0.344 e. The zero-order chi connectivity index (χ0) is 20.9. The summed E-state index contributed by atoms with van der Waals surface area (Å²) in [6, 6.07) is 14.9. The van der Waals surface area contributed by atoms with Crippen LogP contribution in [0.1, 0.15) is 93.7 Å². The molecule has 1 atom stereocenters. The highest BCUT2D eigenvalue weighted by Crippen LogP contribution is 2.38. The summed E-state index contributed by atoms with van der Waals surface area (Å²) in [5, 5.41) is 5.32. The number of pyridine rings is 1. The zero-order valence-corrected chi connectivity index (χ0v) is 18.8. The molecule has 2 fully saturated rings. The van der Waals surface area contributed by atoms with Crippen molar-refractivity contribution >= 4 is 10.9 Å². The maximum absolute atomic E-state index is 4.30. The summed E-state index contributed by atoms with van der Waals surface area (Å²) in [6.45, 7) is 1.08. The molecule has 5 rings (SSSR count). The van der Waals surface area contributed by atoms with E-state index in [-0.39, 0.29) is 0 Å². The van der Waals surface area contributed by atoms with Crippen LogP contribution in [0.2, 0.25) is 0 Å². The van der Waals surface area contributed by atoms with Crippen molar-refractivity contribution in [1.82, 2.24) is 14.9 Å². The highest BCUT2D eigenvalue weighted by atomic mass is 15.0. The van der Waals surface area contributed by atoms with Crippen LogP contribution in [-0.2, 0) is 0 Å². The minimum absolute atomic E-state index is 0.411. The number of nitrogens with one attached hydrogen (secondary N) is 1. The van der Waals surface area contributed by atoms with Crippen LogP contribution in [0.25, 0.3) is 10.9 Å². The lowest BCUT2D eigenvalue weighted by Crippen LogP contribution is -2.32. The lowest BCUT2D eigenvalue weighted by molar-refractivity contribution is 0.360. The topological polar surface area (TPSA) is 29.9 Å². The molecule has 1 unspecified atom stereocenters.